The number of carbonyl (C=O) groups is 1. The van der Waals surface area contributed by atoms with Crippen LogP contribution in [0.1, 0.15) is 57.9 Å². The minimum atomic E-state index is 0.142. The molecule has 1 aromatic rings. The first-order valence-electron chi connectivity index (χ1n) is 9.74. The first-order valence-corrected chi connectivity index (χ1v) is 9.74. The van der Waals surface area contributed by atoms with Crippen LogP contribution in [0.2, 0.25) is 0 Å². The Morgan fingerprint density at radius 3 is 2.71 bits per heavy atom. The van der Waals surface area contributed by atoms with Crippen molar-refractivity contribution in [3.8, 4) is 0 Å². The Kier molecular flexibility index (Phi) is 8.31. The second-order valence-electron chi connectivity index (χ2n) is 7.33. The van der Waals surface area contributed by atoms with Gasteiger partial charge in [-0.2, -0.15) is 0 Å². The molecule has 0 aromatic heterocycles. The predicted octanol–water partition coefficient (Wildman–Crippen LogP) is 3.93. The highest BCUT2D eigenvalue weighted by molar-refractivity contribution is 5.78. The first-order chi connectivity index (χ1) is 11.7. The van der Waals surface area contributed by atoms with Gasteiger partial charge in [0.25, 0.3) is 0 Å². The van der Waals surface area contributed by atoms with Crippen LogP contribution in [-0.2, 0) is 11.2 Å². The zero-order valence-electron chi connectivity index (χ0n) is 15.4. The Morgan fingerprint density at radius 1 is 1.17 bits per heavy atom. The standard InChI is InChI=1S/C21H34N2O/c1-3-17(2)21(24)23-20-11-7-10-19(12-13-20)16-22-15-14-18-8-5-4-6-9-18/h4-6,8-9,17,19-20,22H,3,7,10-16H2,1-2H3,(H,23,24). The van der Waals surface area contributed by atoms with Crippen molar-refractivity contribution >= 4 is 5.91 Å². The molecule has 1 aromatic carbocycles. The minimum Gasteiger partial charge on any atom is -0.353 e. The molecule has 0 saturated heterocycles. The summed E-state index contributed by atoms with van der Waals surface area (Å²) in [6.07, 6.45) is 8.04. The Morgan fingerprint density at radius 2 is 1.96 bits per heavy atom. The van der Waals surface area contributed by atoms with E-state index in [1.807, 2.05) is 6.92 Å². The number of benzene rings is 1. The first kappa shape index (κ1) is 19.0. The number of rotatable bonds is 8. The Hall–Kier alpha value is -1.35. The molecule has 134 valence electrons. The third-order valence-corrected chi connectivity index (χ3v) is 5.36. The summed E-state index contributed by atoms with van der Waals surface area (Å²) in [5, 5.41) is 6.89. The largest absolute Gasteiger partial charge is 0.353 e. The van der Waals surface area contributed by atoms with Crippen molar-refractivity contribution in [1.29, 1.82) is 0 Å². The molecule has 1 fully saturated rings. The van der Waals surface area contributed by atoms with Gasteiger partial charge in [0.15, 0.2) is 0 Å². The Balaban J connectivity index is 1.63. The second kappa shape index (κ2) is 10.5. The van der Waals surface area contributed by atoms with E-state index in [-0.39, 0.29) is 11.8 Å². The maximum atomic E-state index is 12.1. The fourth-order valence-electron chi connectivity index (χ4n) is 3.44. The molecule has 0 bridgehead atoms. The van der Waals surface area contributed by atoms with Crippen molar-refractivity contribution in [2.24, 2.45) is 11.8 Å². The van der Waals surface area contributed by atoms with Crippen molar-refractivity contribution in [2.45, 2.75) is 64.8 Å². The SMILES string of the molecule is CCC(C)C(=O)NC1CCCC(CNCCc2ccccc2)CC1. The normalized spacial score (nSPS) is 22.6. The monoisotopic (exact) mass is 330 g/mol. The molecule has 0 aliphatic heterocycles. The molecule has 2 N–H and O–H groups in total. The van der Waals surface area contributed by atoms with E-state index >= 15 is 0 Å². The lowest BCUT2D eigenvalue weighted by Crippen LogP contribution is -2.37. The zero-order chi connectivity index (χ0) is 17.2. The lowest BCUT2D eigenvalue weighted by Gasteiger charge is -2.19. The van der Waals surface area contributed by atoms with E-state index in [1.54, 1.807) is 0 Å². The van der Waals surface area contributed by atoms with Crippen molar-refractivity contribution in [3.05, 3.63) is 35.9 Å². The second-order valence-corrected chi connectivity index (χ2v) is 7.33. The van der Waals surface area contributed by atoms with Gasteiger partial charge in [0, 0.05) is 12.0 Å². The summed E-state index contributed by atoms with van der Waals surface area (Å²) in [7, 11) is 0. The molecular formula is C21H34N2O. The summed E-state index contributed by atoms with van der Waals surface area (Å²) < 4.78 is 0. The van der Waals surface area contributed by atoms with Crippen LogP contribution >= 0.6 is 0 Å². The van der Waals surface area contributed by atoms with Gasteiger partial charge in [-0.1, -0.05) is 50.6 Å². The lowest BCUT2D eigenvalue weighted by molar-refractivity contribution is -0.125. The van der Waals surface area contributed by atoms with Crippen LogP contribution in [-0.4, -0.2) is 25.0 Å². The minimum absolute atomic E-state index is 0.142. The predicted molar refractivity (Wildman–Crippen MR) is 101 cm³/mol. The molecule has 3 nitrogen and oxygen atoms in total. The molecule has 0 spiro atoms. The summed E-state index contributed by atoms with van der Waals surface area (Å²) in [5.74, 6) is 1.14. The summed E-state index contributed by atoms with van der Waals surface area (Å²) in [5.41, 5.74) is 1.40. The zero-order valence-corrected chi connectivity index (χ0v) is 15.4. The van der Waals surface area contributed by atoms with Gasteiger partial charge in [-0.25, -0.2) is 0 Å². The van der Waals surface area contributed by atoms with Crippen molar-refractivity contribution < 1.29 is 4.79 Å². The number of hydrogen-bond acceptors (Lipinski definition) is 2. The van der Waals surface area contributed by atoms with Gasteiger partial charge in [0.2, 0.25) is 5.91 Å². The van der Waals surface area contributed by atoms with Crippen LogP contribution in [0, 0.1) is 11.8 Å². The molecular weight excluding hydrogens is 296 g/mol. The average Bonchev–Trinajstić information content (AvgIpc) is 2.84. The van der Waals surface area contributed by atoms with Crippen molar-refractivity contribution in [1.82, 2.24) is 10.6 Å². The smallest absolute Gasteiger partial charge is 0.223 e. The quantitative estimate of drug-likeness (QED) is 0.560. The highest BCUT2D eigenvalue weighted by Gasteiger charge is 2.21. The van der Waals surface area contributed by atoms with E-state index in [2.05, 4.69) is 47.9 Å². The third kappa shape index (κ3) is 6.64. The topological polar surface area (TPSA) is 41.1 Å². The van der Waals surface area contributed by atoms with E-state index in [4.69, 9.17) is 0 Å². The molecule has 1 saturated carbocycles. The fourth-order valence-corrected chi connectivity index (χ4v) is 3.44. The van der Waals surface area contributed by atoms with Gasteiger partial charge in [-0.3, -0.25) is 4.79 Å². The van der Waals surface area contributed by atoms with Gasteiger partial charge in [-0.05, 0) is 63.1 Å². The Labute approximate surface area is 147 Å². The summed E-state index contributed by atoms with van der Waals surface area (Å²) in [4.78, 5) is 12.1. The van der Waals surface area contributed by atoms with Crippen LogP contribution in [0.25, 0.3) is 0 Å². The van der Waals surface area contributed by atoms with E-state index in [0.29, 0.717) is 6.04 Å². The maximum absolute atomic E-state index is 12.1. The molecule has 0 radical (unpaired) electrons. The van der Waals surface area contributed by atoms with Crippen LogP contribution in [0.3, 0.4) is 0 Å². The van der Waals surface area contributed by atoms with Crippen LogP contribution < -0.4 is 10.6 Å². The molecule has 3 unspecified atom stereocenters. The van der Waals surface area contributed by atoms with Crippen LogP contribution in [0.4, 0.5) is 0 Å². The van der Waals surface area contributed by atoms with Gasteiger partial charge in [0.1, 0.15) is 0 Å². The van der Waals surface area contributed by atoms with E-state index in [1.165, 1.54) is 24.8 Å². The Bertz CT molecular complexity index is 474. The molecule has 1 aliphatic rings. The van der Waals surface area contributed by atoms with Crippen molar-refractivity contribution in [2.75, 3.05) is 13.1 Å². The number of hydrogen-bond donors (Lipinski definition) is 2. The van der Waals surface area contributed by atoms with Crippen LogP contribution in [0.15, 0.2) is 30.3 Å². The van der Waals surface area contributed by atoms with Crippen LogP contribution in [0.5, 0.6) is 0 Å². The maximum Gasteiger partial charge on any atom is 0.223 e. The third-order valence-electron chi connectivity index (χ3n) is 5.36. The van der Waals surface area contributed by atoms with Gasteiger partial charge >= 0.3 is 0 Å². The average molecular weight is 331 g/mol. The highest BCUT2D eigenvalue weighted by atomic mass is 16.1. The lowest BCUT2D eigenvalue weighted by atomic mass is 10.00. The molecule has 1 aliphatic carbocycles. The summed E-state index contributed by atoms with van der Waals surface area (Å²) in [6, 6.07) is 11.1. The fraction of sp³-hybridized carbons (Fsp3) is 0.667. The van der Waals surface area contributed by atoms with Crippen molar-refractivity contribution in [3.63, 3.8) is 0 Å². The number of nitrogens with one attached hydrogen (secondary N) is 2. The van der Waals surface area contributed by atoms with Gasteiger partial charge in [0.05, 0.1) is 0 Å². The highest BCUT2D eigenvalue weighted by Crippen LogP contribution is 2.23. The molecule has 1 amide bonds. The van der Waals surface area contributed by atoms with E-state index < -0.39 is 0 Å². The van der Waals surface area contributed by atoms with Gasteiger partial charge < -0.3 is 10.6 Å². The summed E-state index contributed by atoms with van der Waals surface area (Å²) in [6.45, 7) is 6.26. The molecule has 3 atom stereocenters. The van der Waals surface area contributed by atoms with E-state index in [9.17, 15) is 4.79 Å². The summed E-state index contributed by atoms with van der Waals surface area (Å²) >= 11 is 0. The molecule has 2 rings (SSSR count). The van der Waals surface area contributed by atoms with Gasteiger partial charge in [-0.15, -0.1) is 0 Å². The molecule has 0 heterocycles. The van der Waals surface area contributed by atoms with E-state index in [0.717, 1.165) is 44.7 Å². The number of carbonyl (C=O) groups excluding carboxylic acids is 1. The number of amides is 1. The molecule has 24 heavy (non-hydrogen) atoms. The molecule has 3 heteroatoms.